The highest BCUT2D eigenvalue weighted by atomic mass is 16.5. The molecule has 2 unspecified atom stereocenters. The van der Waals surface area contributed by atoms with Crippen LogP contribution in [0.3, 0.4) is 0 Å². The van der Waals surface area contributed by atoms with Crippen LogP contribution in [0.2, 0.25) is 0 Å². The number of nitriles is 1. The van der Waals surface area contributed by atoms with Crippen molar-refractivity contribution in [2.45, 2.75) is 45.3 Å². The van der Waals surface area contributed by atoms with Crippen molar-refractivity contribution in [3.05, 3.63) is 11.4 Å². The van der Waals surface area contributed by atoms with Gasteiger partial charge in [-0.3, -0.25) is 0 Å². The Morgan fingerprint density at radius 3 is 2.78 bits per heavy atom. The molecule has 18 heavy (non-hydrogen) atoms. The Balaban J connectivity index is 3.00. The molecule has 0 bridgehead atoms. The molecule has 1 aromatic heterocycles. The van der Waals surface area contributed by atoms with E-state index in [-0.39, 0.29) is 25.2 Å². The predicted octanol–water partition coefficient (Wildman–Crippen LogP) is 1.39. The van der Waals surface area contributed by atoms with E-state index in [1.54, 1.807) is 11.8 Å². The first-order chi connectivity index (χ1) is 8.65. The molecule has 1 N–H and O–H groups in total. The number of aliphatic hydroxyl groups is 1. The molecule has 0 saturated heterocycles. The third-order valence-electron chi connectivity index (χ3n) is 2.99. The van der Waals surface area contributed by atoms with Gasteiger partial charge in [-0.15, -0.1) is 5.10 Å². The summed E-state index contributed by atoms with van der Waals surface area (Å²) in [6.45, 7) is 4.10. The van der Waals surface area contributed by atoms with Crippen LogP contribution in [-0.4, -0.2) is 33.8 Å². The van der Waals surface area contributed by atoms with Crippen molar-refractivity contribution in [3.63, 3.8) is 0 Å². The summed E-state index contributed by atoms with van der Waals surface area (Å²) in [6.07, 6.45) is 1.61. The van der Waals surface area contributed by atoms with E-state index in [2.05, 4.69) is 16.4 Å². The zero-order valence-corrected chi connectivity index (χ0v) is 11.1. The van der Waals surface area contributed by atoms with Gasteiger partial charge in [-0.25, -0.2) is 4.68 Å². The summed E-state index contributed by atoms with van der Waals surface area (Å²) in [5.74, 6) is 0. The monoisotopic (exact) mass is 252 g/mol. The average Bonchev–Trinajstić information content (AvgIpc) is 2.79. The molecule has 100 valence electrons. The second kappa shape index (κ2) is 7.09. The number of hydrogen-bond donors (Lipinski definition) is 1. The maximum atomic E-state index is 8.86. The number of ether oxygens (including phenoxy) is 1. The van der Waals surface area contributed by atoms with E-state index in [0.717, 1.165) is 18.5 Å². The van der Waals surface area contributed by atoms with Crippen LogP contribution in [0.1, 0.15) is 50.2 Å². The van der Waals surface area contributed by atoms with Crippen LogP contribution in [-0.2, 0) is 11.2 Å². The molecule has 0 spiro atoms. The summed E-state index contributed by atoms with van der Waals surface area (Å²) in [6, 6.07) is 2.22. The van der Waals surface area contributed by atoms with E-state index < -0.39 is 0 Å². The number of nitrogens with zero attached hydrogens (tertiary/aromatic N) is 4. The van der Waals surface area contributed by atoms with Gasteiger partial charge in [0.1, 0.15) is 5.69 Å². The molecule has 6 nitrogen and oxygen atoms in total. The highest BCUT2D eigenvalue weighted by Crippen LogP contribution is 2.24. The second-order valence-electron chi connectivity index (χ2n) is 4.29. The Kier molecular flexibility index (Phi) is 5.75. The molecule has 6 heteroatoms. The van der Waals surface area contributed by atoms with Crippen LogP contribution >= 0.6 is 0 Å². The molecule has 0 amide bonds. The second-order valence-corrected chi connectivity index (χ2v) is 4.29. The van der Waals surface area contributed by atoms with Crippen LogP contribution in [0.25, 0.3) is 0 Å². The molecule has 0 aliphatic heterocycles. The van der Waals surface area contributed by atoms with Gasteiger partial charge in [-0.05, 0) is 26.7 Å². The third-order valence-corrected chi connectivity index (χ3v) is 2.99. The van der Waals surface area contributed by atoms with Gasteiger partial charge in [-0.1, -0.05) is 5.21 Å². The molecule has 0 aliphatic carbocycles. The first-order valence-corrected chi connectivity index (χ1v) is 6.10. The minimum atomic E-state index is -0.153. The lowest BCUT2D eigenvalue weighted by atomic mass is 10.1. The molecule has 0 aromatic carbocycles. The molecule has 2 atom stereocenters. The Bertz CT molecular complexity index is 411. The van der Waals surface area contributed by atoms with Gasteiger partial charge in [-0.2, -0.15) is 5.26 Å². The van der Waals surface area contributed by atoms with Crippen LogP contribution in [0, 0.1) is 11.3 Å². The van der Waals surface area contributed by atoms with Gasteiger partial charge >= 0.3 is 0 Å². The molecule has 0 fully saturated rings. The van der Waals surface area contributed by atoms with Gasteiger partial charge < -0.3 is 9.84 Å². The van der Waals surface area contributed by atoms with E-state index in [4.69, 9.17) is 15.1 Å². The summed E-state index contributed by atoms with van der Waals surface area (Å²) in [5.41, 5.74) is 1.52. The Morgan fingerprint density at radius 1 is 1.50 bits per heavy atom. The number of rotatable bonds is 7. The molecule has 1 aromatic rings. The largest absolute Gasteiger partial charge is 0.396 e. The number of aliphatic hydroxyl groups excluding tert-OH is 1. The molecule has 1 heterocycles. The quantitative estimate of drug-likeness (QED) is 0.792. The van der Waals surface area contributed by atoms with E-state index in [0.29, 0.717) is 5.69 Å². The van der Waals surface area contributed by atoms with Crippen molar-refractivity contribution >= 4 is 0 Å². The fourth-order valence-electron chi connectivity index (χ4n) is 1.90. The van der Waals surface area contributed by atoms with Gasteiger partial charge in [0.25, 0.3) is 0 Å². The Labute approximate surface area is 107 Å². The molecular weight excluding hydrogens is 232 g/mol. The van der Waals surface area contributed by atoms with E-state index >= 15 is 0 Å². The van der Waals surface area contributed by atoms with Crippen LogP contribution in [0.5, 0.6) is 0 Å². The molecule has 0 saturated carbocycles. The maximum absolute atomic E-state index is 8.86. The SMILES string of the molecule is COC(C)c1c(CC#N)nnn1C(C)CCCO. The number of aromatic nitrogens is 3. The van der Waals surface area contributed by atoms with Crippen LogP contribution in [0.15, 0.2) is 0 Å². The molecule has 1 rings (SSSR count). The fraction of sp³-hybridized carbons (Fsp3) is 0.750. The number of hydrogen-bond acceptors (Lipinski definition) is 5. The smallest absolute Gasteiger partial charge is 0.103 e. The topological polar surface area (TPSA) is 84.0 Å². The minimum Gasteiger partial charge on any atom is -0.396 e. The Morgan fingerprint density at radius 2 is 2.22 bits per heavy atom. The molecule has 0 aliphatic rings. The van der Waals surface area contributed by atoms with Crippen molar-refractivity contribution in [3.8, 4) is 6.07 Å². The maximum Gasteiger partial charge on any atom is 0.103 e. The Hall–Kier alpha value is -1.45. The summed E-state index contributed by atoms with van der Waals surface area (Å²) in [7, 11) is 1.62. The fourth-order valence-corrected chi connectivity index (χ4v) is 1.90. The molecule has 0 radical (unpaired) electrons. The highest BCUT2D eigenvalue weighted by Gasteiger charge is 2.21. The average molecular weight is 252 g/mol. The van der Waals surface area contributed by atoms with Gasteiger partial charge in [0.05, 0.1) is 30.3 Å². The predicted molar refractivity (Wildman–Crippen MR) is 65.8 cm³/mol. The first kappa shape index (κ1) is 14.6. The van der Waals surface area contributed by atoms with Crippen molar-refractivity contribution < 1.29 is 9.84 Å². The van der Waals surface area contributed by atoms with Crippen molar-refractivity contribution in [2.24, 2.45) is 0 Å². The van der Waals surface area contributed by atoms with Gasteiger partial charge in [0.15, 0.2) is 0 Å². The van der Waals surface area contributed by atoms with Crippen molar-refractivity contribution in [1.82, 2.24) is 15.0 Å². The van der Waals surface area contributed by atoms with Crippen LogP contribution in [0.4, 0.5) is 0 Å². The minimum absolute atomic E-state index is 0.129. The standard InChI is InChI=1S/C12H20N4O2/c1-9(5-4-8-17)16-12(10(2)18-3)11(6-7-13)14-15-16/h9-10,17H,4-6,8H2,1-3H3. The summed E-state index contributed by atoms with van der Waals surface area (Å²) in [4.78, 5) is 0. The normalized spacial score (nSPS) is 14.2. The van der Waals surface area contributed by atoms with Crippen molar-refractivity contribution in [2.75, 3.05) is 13.7 Å². The third kappa shape index (κ3) is 3.28. The zero-order chi connectivity index (χ0) is 13.5. The summed E-state index contributed by atoms with van der Waals surface area (Å²) >= 11 is 0. The van der Waals surface area contributed by atoms with E-state index in [1.807, 2.05) is 13.8 Å². The summed E-state index contributed by atoms with van der Waals surface area (Å²) < 4.78 is 7.12. The van der Waals surface area contributed by atoms with Gasteiger partial charge in [0.2, 0.25) is 0 Å². The lowest BCUT2D eigenvalue weighted by Gasteiger charge is -2.18. The molecular formula is C12H20N4O2. The highest BCUT2D eigenvalue weighted by molar-refractivity contribution is 5.17. The first-order valence-electron chi connectivity index (χ1n) is 6.10. The lowest BCUT2D eigenvalue weighted by molar-refractivity contribution is 0.108. The zero-order valence-electron chi connectivity index (χ0n) is 11.1. The lowest BCUT2D eigenvalue weighted by Crippen LogP contribution is -2.15. The van der Waals surface area contributed by atoms with E-state index in [9.17, 15) is 0 Å². The number of methoxy groups -OCH3 is 1. The summed E-state index contributed by atoms with van der Waals surface area (Å²) in [5, 5.41) is 25.8. The van der Waals surface area contributed by atoms with Crippen LogP contribution < -0.4 is 0 Å². The van der Waals surface area contributed by atoms with Crippen molar-refractivity contribution in [1.29, 1.82) is 5.26 Å². The van der Waals surface area contributed by atoms with Gasteiger partial charge in [0, 0.05) is 13.7 Å². The van der Waals surface area contributed by atoms with E-state index in [1.165, 1.54) is 0 Å².